The Hall–Kier alpha value is -2.53. The molecule has 1 unspecified atom stereocenters. The molecule has 2 N–H and O–H groups in total. The summed E-state index contributed by atoms with van der Waals surface area (Å²) in [6, 6.07) is 6.43. The molecule has 1 aliphatic rings. The number of amides is 1. The van der Waals surface area contributed by atoms with Crippen LogP contribution in [0, 0.1) is 5.92 Å². The number of hydrogen-bond donors (Lipinski definition) is 2. The van der Waals surface area contributed by atoms with Crippen molar-refractivity contribution in [1.82, 2.24) is 0 Å². The highest BCUT2D eigenvalue weighted by atomic mass is 16.4. The Labute approximate surface area is 121 Å². The maximum atomic E-state index is 11.6. The molecule has 7 heteroatoms. The van der Waals surface area contributed by atoms with Crippen molar-refractivity contribution in [2.45, 2.75) is 31.7 Å². The van der Waals surface area contributed by atoms with Crippen LogP contribution in [0.2, 0.25) is 0 Å². The molecule has 0 bridgehead atoms. The van der Waals surface area contributed by atoms with E-state index in [0.29, 0.717) is 5.69 Å². The summed E-state index contributed by atoms with van der Waals surface area (Å²) in [5.41, 5.74) is 9.98. The minimum Gasteiger partial charge on any atom is -0.481 e. The average molecular weight is 288 g/mol. The van der Waals surface area contributed by atoms with E-state index in [1.54, 1.807) is 24.3 Å². The third-order valence-corrected chi connectivity index (χ3v) is 3.33. The molecule has 0 saturated heterocycles. The van der Waals surface area contributed by atoms with Crippen molar-refractivity contribution in [3.8, 4) is 0 Å². The second-order valence-corrected chi connectivity index (χ2v) is 5.04. The van der Waals surface area contributed by atoms with E-state index in [1.165, 1.54) is 0 Å². The summed E-state index contributed by atoms with van der Waals surface area (Å²) in [5, 5.41) is 15.1. The number of carbonyl (C=O) groups excluding carboxylic acids is 1. The van der Waals surface area contributed by atoms with Gasteiger partial charge in [-0.05, 0) is 42.5 Å². The largest absolute Gasteiger partial charge is 0.481 e. The summed E-state index contributed by atoms with van der Waals surface area (Å²) in [4.78, 5) is 25.0. The highest BCUT2D eigenvalue weighted by Crippen LogP contribution is 2.30. The second kappa shape index (κ2) is 6.76. The third kappa shape index (κ3) is 4.50. The number of carboxylic acid groups (broad SMARTS) is 1. The lowest BCUT2D eigenvalue weighted by Crippen LogP contribution is -2.13. The van der Waals surface area contributed by atoms with Gasteiger partial charge < -0.3 is 10.4 Å². The molecule has 1 aromatic carbocycles. The van der Waals surface area contributed by atoms with Crippen LogP contribution in [0.1, 0.15) is 37.3 Å². The first kappa shape index (κ1) is 14.9. The molecule has 21 heavy (non-hydrogen) atoms. The zero-order chi connectivity index (χ0) is 15.2. The fourth-order valence-corrected chi connectivity index (χ4v) is 1.99. The van der Waals surface area contributed by atoms with Gasteiger partial charge in [0.25, 0.3) is 0 Å². The molecule has 0 aliphatic heterocycles. The monoisotopic (exact) mass is 288 g/mol. The van der Waals surface area contributed by atoms with Crippen molar-refractivity contribution in [2.24, 2.45) is 11.0 Å². The summed E-state index contributed by atoms with van der Waals surface area (Å²) in [6.45, 7) is 0. The minimum atomic E-state index is -0.929. The van der Waals surface area contributed by atoms with Crippen LogP contribution in [0.4, 0.5) is 5.69 Å². The van der Waals surface area contributed by atoms with Crippen LogP contribution in [0.3, 0.4) is 0 Å². The number of benzene rings is 1. The molecule has 110 valence electrons. The van der Waals surface area contributed by atoms with Gasteiger partial charge in [0.1, 0.15) is 0 Å². The summed E-state index contributed by atoms with van der Waals surface area (Å²) < 4.78 is 0. The van der Waals surface area contributed by atoms with Crippen molar-refractivity contribution < 1.29 is 14.7 Å². The Morgan fingerprint density at radius 1 is 1.38 bits per heavy atom. The fraction of sp³-hybridized carbons (Fsp3) is 0.429. The van der Waals surface area contributed by atoms with Gasteiger partial charge in [-0.15, -0.1) is 0 Å². The van der Waals surface area contributed by atoms with E-state index < -0.39 is 12.0 Å². The number of carboxylic acids is 1. The average Bonchev–Trinajstić information content (AvgIpc) is 3.29. The summed E-state index contributed by atoms with van der Waals surface area (Å²) in [5.74, 6) is -0.766. The predicted molar refractivity (Wildman–Crippen MR) is 76.6 cm³/mol. The van der Waals surface area contributed by atoms with E-state index in [4.69, 9.17) is 10.6 Å². The Balaban J connectivity index is 2.01. The van der Waals surface area contributed by atoms with Gasteiger partial charge in [-0.25, -0.2) is 0 Å². The van der Waals surface area contributed by atoms with Gasteiger partial charge >= 0.3 is 5.97 Å². The van der Waals surface area contributed by atoms with Gasteiger partial charge in [-0.3, -0.25) is 9.59 Å². The van der Waals surface area contributed by atoms with E-state index in [9.17, 15) is 9.59 Å². The van der Waals surface area contributed by atoms with Crippen LogP contribution in [-0.4, -0.2) is 17.0 Å². The molecular weight excluding hydrogens is 272 g/mol. The van der Waals surface area contributed by atoms with Gasteiger partial charge in [0.05, 0.1) is 6.04 Å². The molecule has 0 radical (unpaired) electrons. The molecule has 1 saturated carbocycles. The summed E-state index contributed by atoms with van der Waals surface area (Å²) >= 11 is 0. The topological polar surface area (TPSA) is 115 Å². The van der Waals surface area contributed by atoms with Crippen LogP contribution in [0.5, 0.6) is 0 Å². The number of carbonyl (C=O) groups is 2. The van der Waals surface area contributed by atoms with E-state index in [0.717, 1.165) is 18.4 Å². The maximum absolute atomic E-state index is 11.6. The Morgan fingerprint density at radius 2 is 2.05 bits per heavy atom. The number of nitrogens with one attached hydrogen (secondary N) is 1. The number of nitrogens with zero attached hydrogens (tertiary/aromatic N) is 3. The van der Waals surface area contributed by atoms with Crippen LogP contribution in [0.15, 0.2) is 29.4 Å². The predicted octanol–water partition coefficient (Wildman–Crippen LogP) is 3.25. The maximum Gasteiger partial charge on any atom is 0.303 e. The number of rotatable bonds is 7. The lowest BCUT2D eigenvalue weighted by molar-refractivity contribution is -0.137. The lowest BCUT2D eigenvalue weighted by Gasteiger charge is -2.11. The summed E-state index contributed by atoms with van der Waals surface area (Å²) in [7, 11) is 0. The normalized spacial score (nSPS) is 14.9. The first-order valence-electron chi connectivity index (χ1n) is 6.77. The van der Waals surface area contributed by atoms with E-state index in [2.05, 4.69) is 15.3 Å². The van der Waals surface area contributed by atoms with Crippen LogP contribution in [-0.2, 0) is 9.59 Å². The van der Waals surface area contributed by atoms with Crippen LogP contribution in [0.25, 0.3) is 10.4 Å². The fourth-order valence-electron chi connectivity index (χ4n) is 1.99. The Morgan fingerprint density at radius 3 is 2.57 bits per heavy atom. The van der Waals surface area contributed by atoms with Crippen LogP contribution >= 0.6 is 0 Å². The van der Waals surface area contributed by atoms with Crippen molar-refractivity contribution >= 4 is 17.6 Å². The highest BCUT2D eigenvalue weighted by molar-refractivity contribution is 5.94. The first-order valence-corrected chi connectivity index (χ1v) is 6.77. The van der Waals surface area contributed by atoms with Crippen molar-refractivity contribution in [3.63, 3.8) is 0 Å². The van der Waals surface area contributed by atoms with Gasteiger partial charge in [-0.2, -0.15) is 0 Å². The molecule has 1 aliphatic carbocycles. The zero-order valence-corrected chi connectivity index (χ0v) is 11.4. The lowest BCUT2D eigenvalue weighted by atomic mass is 10.0. The third-order valence-electron chi connectivity index (χ3n) is 3.33. The van der Waals surface area contributed by atoms with Gasteiger partial charge in [0.2, 0.25) is 5.91 Å². The quantitative estimate of drug-likeness (QED) is 0.455. The van der Waals surface area contributed by atoms with Crippen molar-refractivity contribution in [2.75, 3.05) is 5.32 Å². The van der Waals surface area contributed by atoms with Crippen LogP contribution < -0.4 is 5.32 Å². The molecule has 1 atom stereocenters. The van der Waals surface area contributed by atoms with Crippen molar-refractivity contribution in [3.05, 3.63) is 40.3 Å². The molecule has 1 fully saturated rings. The van der Waals surface area contributed by atoms with E-state index in [1.807, 2.05) is 0 Å². The zero-order valence-electron chi connectivity index (χ0n) is 11.4. The standard InChI is InChI=1S/C14H16N4O3/c15-18-17-12(7-8-13(19)20)9-3-5-11(6-4-9)16-14(21)10-1-2-10/h3-6,10,12H,1-2,7-8H2,(H,16,21)(H,19,20). The van der Waals surface area contributed by atoms with E-state index in [-0.39, 0.29) is 24.7 Å². The molecular formula is C14H16N4O3. The molecule has 0 aromatic heterocycles. The number of hydrogen-bond acceptors (Lipinski definition) is 3. The Bertz CT molecular complexity index is 574. The summed E-state index contributed by atoms with van der Waals surface area (Å²) in [6.07, 6.45) is 2.06. The van der Waals surface area contributed by atoms with E-state index >= 15 is 0 Å². The Kier molecular flexibility index (Phi) is 4.79. The molecule has 2 rings (SSSR count). The van der Waals surface area contributed by atoms with Gasteiger partial charge in [0, 0.05) is 22.9 Å². The molecule has 1 amide bonds. The molecule has 0 heterocycles. The number of aliphatic carboxylic acids is 1. The molecule has 0 spiro atoms. The SMILES string of the molecule is [N-]=[N+]=NC(CCC(=O)O)c1ccc(NC(=O)C2CC2)cc1. The number of anilines is 1. The van der Waals surface area contributed by atoms with Gasteiger partial charge in [0.15, 0.2) is 0 Å². The van der Waals surface area contributed by atoms with Crippen molar-refractivity contribution in [1.29, 1.82) is 0 Å². The van der Waals surface area contributed by atoms with Gasteiger partial charge in [-0.1, -0.05) is 17.2 Å². The first-order chi connectivity index (χ1) is 10.1. The smallest absolute Gasteiger partial charge is 0.303 e. The number of azide groups is 1. The minimum absolute atomic E-state index is 0.0280. The molecule has 1 aromatic rings. The molecule has 7 nitrogen and oxygen atoms in total. The highest BCUT2D eigenvalue weighted by Gasteiger charge is 2.29. The second-order valence-electron chi connectivity index (χ2n) is 5.04.